The second kappa shape index (κ2) is 6.66. The highest BCUT2D eigenvalue weighted by molar-refractivity contribution is 9.10. The maximum absolute atomic E-state index is 13.7. The number of hydrogen-bond donors (Lipinski definition) is 0. The average molecular weight is 337 g/mol. The van der Waals surface area contributed by atoms with Crippen molar-refractivity contribution in [1.29, 1.82) is 0 Å². The number of carbonyl (C=O) groups is 1. The molecular formula is C16H14BrFO2. The summed E-state index contributed by atoms with van der Waals surface area (Å²) < 4.78 is 19.4. The van der Waals surface area contributed by atoms with Gasteiger partial charge in [-0.2, -0.15) is 0 Å². The molecule has 2 rings (SSSR count). The molecule has 0 heterocycles. The van der Waals surface area contributed by atoms with Gasteiger partial charge in [0.05, 0.1) is 12.7 Å². The fourth-order valence-electron chi connectivity index (χ4n) is 1.90. The minimum atomic E-state index is -0.487. The van der Waals surface area contributed by atoms with E-state index < -0.39 is 5.82 Å². The second-order valence-electron chi connectivity index (χ2n) is 4.40. The first-order valence-corrected chi connectivity index (χ1v) is 7.00. The molecule has 4 heteroatoms. The van der Waals surface area contributed by atoms with Gasteiger partial charge in [0.15, 0.2) is 5.78 Å². The van der Waals surface area contributed by atoms with E-state index in [0.717, 1.165) is 11.3 Å². The van der Waals surface area contributed by atoms with Gasteiger partial charge < -0.3 is 4.74 Å². The topological polar surface area (TPSA) is 26.3 Å². The van der Waals surface area contributed by atoms with Gasteiger partial charge in [0.2, 0.25) is 0 Å². The van der Waals surface area contributed by atoms with Crippen LogP contribution in [-0.4, -0.2) is 12.9 Å². The van der Waals surface area contributed by atoms with E-state index in [9.17, 15) is 9.18 Å². The number of halogens is 2. The number of carbonyl (C=O) groups excluding carboxylic acids is 1. The first kappa shape index (κ1) is 14.7. The van der Waals surface area contributed by atoms with E-state index in [-0.39, 0.29) is 17.8 Å². The summed E-state index contributed by atoms with van der Waals surface area (Å²) in [4.78, 5) is 12.0. The van der Waals surface area contributed by atoms with E-state index in [1.807, 2.05) is 24.3 Å². The Kier molecular flexibility index (Phi) is 4.90. The predicted molar refractivity (Wildman–Crippen MR) is 79.7 cm³/mol. The lowest BCUT2D eigenvalue weighted by Gasteiger charge is -2.05. The zero-order valence-electron chi connectivity index (χ0n) is 11.0. The lowest BCUT2D eigenvalue weighted by atomic mass is 10.0. The number of rotatable bonds is 5. The van der Waals surface area contributed by atoms with Crippen LogP contribution in [0.5, 0.6) is 5.75 Å². The fourth-order valence-corrected chi connectivity index (χ4v) is 2.23. The van der Waals surface area contributed by atoms with E-state index >= 15 is 0 Å². The number of ketones is 1. The van der Waals surface area contributed by atoms with Crippen LogP contribution in [0.4, 0.5) is 4.39 Å². The summed E-state index contributed by atoms with van der Waals surface area (Å²) in [6.07, 6.45) is 0.864. The van der Waals surface area contributed by atoms with Gasteiger partial charge in [0.25, 0.3) is 0 Å². The molecule has 2 aromatic rings. The van der Waals surface area contributed by atoms with Crippen molar-refractivity contribution in [3.05, 3.63) is 63.9 Å². The zero-order chi connectivity index (χ0) is 14.5. The molecule has 2 nitrogen and oxygen atoms in total. The van der Waals surface area contributed by atoms with Crippen molar-refractivity contribution in [2.24, 2.45) is 0 Å². The van der Waals surface area contributed by atoms with Crippen LogP contribution in [0.2, 0.25) is 0 Å². The highest BCUT2D eigenvalue weighted by Gasteiger charge is 2.11. The molecule has 0 atom stereocenters. The number of ether oxygens (including phenoxy) is 1. The molecule has 0 aliphatic carbocycles. The van der Waals surface area contributed by atoms with Crippen LogP contribution in [0.1, 0.15) is 22.3 Å². The Hall–Kier alpha value is -1.68. The lowest BCUT2D eigenvalue weighted by Crippen LogP contribution is -2.04. The third-order valence-corrected chi connectivity index (χ3v) is 3.52. The lowest BCUT2D eigenvalue weighted by molar-refractivity contribution is 0.0979. The molecule has 104 valence electrons. The van der Waals surface area contributed by atoms with Gasteiger partial charge in [-0.15, -0.1) is 0 Å². The Labute approximate surface area is 125 Å². The Bertz CT molecular complexity index is 608. The van der Waals surface area contributed by atoms with E-state index in [0.29, 0.717) is 10.9 Å². The van der Waals surface area contributed by atoms with Crippen LogP contribution >= 0.6 is 15.9 Å². The first-order chi connectivity index (χ1) is 9.60. The zero-order valence-corrected chi connectivity index (χ0v) is 12.6. The molecule has 0 spiro atoms. The number of aryl methyl sites for hydroxylation is 1. The third-order valence-electron chi connectivity index (χ3n) is 3.03. The minimum absolute atomic E-state index is 0.140. The Balaban J connectivity index is 2.00. The van der Waals surface area contributed by atoms with Gasteiger partial charge in [-0.3, -0.25) is 4.79 Å². The highest BCUT2D eigenvalue weighted by Crippen LogP contribution is 2.18. The summed E-state index contributed by atoms with van der Waals surface area (Å²) in [6, 6.07) is 12.0. The third kappa shape index (κ3) is 3.67. The molecule has 0 unspecified atom stereocenters. The monoisotopic (exact) mass is 336 g/mol. The van der Waals surface area contributed by atoms with Crippen molar-refractivity contribution < 1.29 is 13.9 Å². The molecule has 2 aromatic carbocycles. The molecule has 0 radical (unpaired) electrons. The van der Waals surface area contributed by atoms with Crippen LogP contribution in [0.15, 0.2) is 46.9 Å². The van der Waals surface area contributed by atoms with E-state index in [4.69, 9.17) is 4.74 Å². The molecule has 0 N–H and O–H groups in total. The van der Waals surface area contributed by atoms with E-state index in [1.54, 1.807) is 13.2 Å². The van der Waals surface area contributed by atoms with Crippen molar-refractivity contribution in [3.8, 4) is 5.75 Å². The minimum Gasteiger partial charge on any atom is -0.497 e. The summed E-state index contributed by atoms with van der Waals surface area (Å²) in [6.45, 7) is 0. The van der Waals surface area contributed by atoms with Crippen molar-refractivity contribution in [3.63, 3.8) is 0 Å². The molecule has 0 amide bonds. The van der Waals surface area contributed by atoms with E-state index in [1.165, 1.54) is 12.1 Å². The molecule has 0 aliphatic heterocycles. The molecule has 0 fully saturated rings. The molecular weight excluding hydrogens is 323 g/mol. The number of benzene rings is 2. The predicted octanol–water partition coefficient (Wildman–Crippen LogP) is 4.41. The van der Waals surface area contributed by atoms with Gasteiger partial charge >= 0.3 is 0 Å². The Morgan fingerprint density at radius 3 is 2.50 bits per heavy atom. The average Bonchev–Trinajstić information content (AvgIpc) is 2.45. The van der Waals surface area contributed by atoms with Crippen LogP contribution in [0, 0.1) is 5.82 Å². The molecule has 0 bridgehead atoms. The Morgan fingerprint density at radius 2 is 1.90 bits per heavy atom. The Morgan fingerprint density at radius 1 is 1.20 bits per heavy atom. The van der Waals surface area contributed by atoms with Crippen LogP contribution < -0.4 is 4.74 Å². The fraction of sp³-hybridized carbons (Fsp3) is 0.188. The summed E-state index contributed by atoms with van der Waals surface area (Å²) in [5, 5.41) is 0. The molecule has 0 aliphatic rings. The van der Waals surface area contributed by atoms with Gasteiger partial charge in [-0.05, 0) is 42.3 Å². The highest BCUT2D eigenvalue weighted by atomic mass is 79.9. The van der Waals surface area contributed by atoms with Crippen LogP contribution in [0.25, 0.3) is 0 Å². The van der Waals surface area contributed by atoms with E-state index in [2.05, 4.69) is 15.9 Å². The van der Waals surface area contributed by atoms with Gasteiger partial charge in [0.1, 0.15) is 11.6 Å². The van der Waals surface area contributed by atoms with Crippen molar-refractivity contribution in [2.75, 3.05) is 7.11 Å². The summed E-state index contributed by atoms with van der Waals surface area (Å²) in [5.41, 5.74) is 1.17. The van der Waals surface area contributed by atoms with Gasteiger partial charge in [-0.1, -0.05) is 28.1 Å². The smallest absolute Gasteiger partial charge is 0.166 e. The number of Topliss-reactive ketones (excluding diaryl/α,β-unsaturated/α-hetero) is 1. The van der Waals surface area contributed by atoms with Gasteiger partial charge in [0, 0.05) is 10.9 Å². The number of methoxy groups -OCH3 is 1. The largest absolute Gasteiger partial charge is 0.497 e. The molecule has 0 saturated heterocycles. The quantitative estimate of drug-likeness (QED) is 0.756. The number of hydrogen-bond acceptors (Lipinski definition) is 2. The normalized spacial score (nSPS) is 10.3. The maximum Gasteiger partial charge on any atom is 0.166 e. The van der Waals surface area contributed by atoms with Crippen molar-refractivity contribution in [1.82, 2.24) is 0 Å². The summed E-state index contributed by atoms with van der Waals surface area (Å²) >= 11 is 3.17. The summed E-state index contributed by atoms with van der Waals surface area (Å²) in [5.74, 6) is 0.101. The van der Waals surface area contributed by atoms with Crippen molar-refractivity contribution in [2.45, 2.75) is 12.8 Å². The second-order valence-corrected chi connectivity index (χ2v) is 5.31. The van der Waals surface area contributed by atoms with Crippen LogP contribution in [-0.2, 0) is 6.42 Å². The van der Waals surface area contributed by atoms with Crippen LogP contribution in [0.3, 0.4) is 0 Å². The summed E-state index contributed by atoms with van der Waals surface area (Å²) in [7, 11) is 1.61. The molecule has 0 aromatic heterocycles. The molecule has 0 saturated carbocycles. The van der Waals surface area contributed by atoms with Crippen molar-refractivity contribution >= 4 is 21.7 Å². The SMILES string of the molecule is COc1ccc(CCC(=O)c2ccc(Br)cc2F)cc1. The van der Waals surface area contributed by atoms with Gasteiger partial charge in [-0.25, -0.2) is 4.39 Å². The maximum atomic E-state index is 13.7. The standard InChI is InChI=1S/C16H14BrFO2/c1-20-13-6-2-11(3-7-13)4-9-16(19)14-8-5-12(17)10-15(14)18/h2-3,5-8,10H,4,9H2,1H3. The molecule has 20 heavy (non-hydrogen) atoms. The first-order valence-electron chi connectivity index (χ1n) is 6.21.